The molecule has 2 atom stereocenters. The summed E-state index contributed by atoms with van der Waals surface area (Å²) in [6.07, 6.45) is 1.97. The van der Waals surface area contributed by atoms with E-state index in [1.165, 1.54) is 11.3 Å². The van der Waals surface area contributed by atoms with Crippen molar-refractivity contribution < 1.29 is 19.4 Å². The number of carbonyl (C=O) groups excluding carboxylic acids is 1. The Balaban J connectivity index is 1.58. The summed E-state index contributed by atoms with van der Waals surface area (Å²) in [5, 5.41) is 9.25. The van der Waals surface area contributed by atoms with Crippen LogP contribution in [0, 0.1) is 11.8 Å². The van der Waals surface area contributed by atoms with Crippen LogP contribution in [0.5, 0.6) is 0 Å². The van der Waals surface area contributed by atoms with Crippen molar-refractivity contribution in [2.24, 2.45) is 11.8 Å². The minimum absolute atomic E-state index is 0.0116. The molecule has 22 heavy (non-hydrogen) atoms. The minimum Gasteiger partial charge on any atom is -0.481 e. The molecular formula is C15H18ClNO4S. The van der Waals surface area contributed by atoms with Crippen molar-refractivity contribution >= 4 is 34.8 Å². The molecule has 0 aromatic carbocycles. The molecule has 1 N–H and O–H groups in total. The van der Waals surface area contributed by atoms with Crippen molar-refractivity contribution in [1.82, 2.24) is 4.90 Å². The fraction of sp³-hybridized carbons (Fsp3) is 0.600. The molecule has 2 saturated heterocycles. The first-order valence-corrected chi connectivity index (χ1v) is 8.64. The topological polar surface area (TPSA) is 66.8 Å². The van der Waals surface area contributed by atoms with Gasteiger partial charge in [-0.25, -0.2) is 0 Å². The van der Waals surface area contributed by atoms with Gasteiger partial charge in [0.1, 0.15) is 0 Å². The Kier molecular flexibility index (Phi) is 4.70. The first kappa shape index (κ1) is 15.8. The number of carboxylic acids is 1. The van der Waals surface area contributed by atoms with E-state index < -0.39 is 11.9 Å². The number of thiophene rings is 1. The maximum Gasteiger partial charge on any atom is 0.309 e. The highest BCUT2D eigenvalue weighted by Gasteiger charge is 2.40. The van der Waals surface area contributed by atoms with E-state index in [-0.39, 0.29) is 17.9 Å². The van der Waals surface area contributed by atoms with Crippen molar-refractivity contribution in [1.29, 1.82) is 0 Å². The Hall–Kier alpha value is -1.11. The van der Waals surface area contributed by atoms with Crippen LogP contribution in [0.15, 0.2) is 12.1 Å². The van der Waals surface area contributed by atoms with Gasteiger partial charge in [0.15, 0.2) is 0 Å². The number of piperidine rings is 1. The van der Waals surface area contributed by atoms with Crippen LogP contribution in [0.2, 0.25) is 4.34 Å². The Morgan fingerprint density at radius 3 is 2.59 bits per heavy atom. The fourth-order valence-electron chi connectivity index (χ4n) is 3.36. The molecule has 0 radical (unpaired) electrons. The van der Waals surface area contributed by atoms with E-state index >= 15 is 0 Å². The van der Waals surface area contributed by atoms with Crippen molar-refractivity contribution in [3.8, 4) is 0 Å². The predicted octanol–water partition coefficient (Wildman–Crippen LogP) is 2.74. The van der Waals surface area contributed by atoms with Crippen molar-refractivity contribution in [2.75, 3.05) is 19.7 Å². The second kappa shape index (κ2) is 6.56. The number of halogens is 1. The van der Waals surface area contributed by atoms with Gasteiger partial charge in [-0.15, -0.1) is 11.3 Å². The first-order valence-electron chi connectivity index (χ1n) is 7.45. The normalized spacial score (nSPS) is 26.3. The van der Waals surface area contributed by atoms with E-state index in [1.807, 2.05) is 4.90 Å². The smallest absolute Gasteiger partial charge is 0.309 e. The van der Waals surface area contributed by atoms with E-state index in [2.05, 4.69) is 0 Å². The second-order valence-corrected chi connectivity index (χ2v) is 7.52. The van der Waals surface area contributed by atoms with Gasteiger partial charge in [-0.1, -0.05) is 11.6 Å². The molecule has 1 aromatic rings. The van der Waals surface area contributed by atoms with Crippen LogP contribution in [-0.2, 0) is 9.53 Å². The summed E-state index contributed by atoms with van der Waals surface area (Å²) in [5.41, 5.74) is 0. The lowest BCUT2D eigenvalue weighted by atomic mass is 9.84. The number of carbonyl (C=O) groups is 2. The number of carboxylic acid groups (broad SMARTS) is 1. The molecule has 0 saturated carbocycles. The van der Waals surface area contributed by atoms with Crippen LogP contribution in [0.3, 0.4) is 0 Å². The number of ether oxygens (including phenoxy) is 1. The predicted molar refractivity (Wildman–Crippen MR) is 83.4 cm³/mol. The highest BCUT2D eigenvalue weighted by atomic mass is 35.5. The lowest BCUT2D eigenvalue weighted by Crippen LogP contribution is -2.43. The van der Waals surface area contributed by atoms with Gasteiger partial charge in [-0.05, 0) is 37.3 Å². The van der Waals surface area contributed by atoms with Gasteiger partial charge in [0.2, 0.25) is 0 Å². The van der Waals surface area contributed by atoms with Gasteiger partial charge < -0.3 is 14.7 Å². The Bertz CT molecular complexity index is 568. The van der Waals surface area contributed by atoms with E-state index in [0.29, 0.717) is 35.3 Å². The molecule has 2 aliphatic heterocycles. The monoisotopic (exact) mass is 343 g/mol. The summed E-state index contributed by atoms with van der Waals surface area (Å²) in [6.45, 7) is 1.81. The highest BCUT2D eigenvalue weighted by Crippen LogP contribution is 2.34. The van der Waals surface area contributed by atoms with Gasteiger partial charge in [0.05, 0.1) is 21.2 Å². The number of likely N-dealkylation sites (tertiary alicyclic amines) is 1. The standard InChI is InChI=1S/C15H18ClNO4S/c16-12-2-1-11(22-12)14(18)17-6-3-9(4-7-17)13-10(15(19)20)5-8-21-13/h1-2,9-10,13H,3-8H2,(H,19,20)/t10?,13-/m0/s1. The molecule has 3 rings (SSSR count). The van der Waals surface area contributed by atoms with E-state index in [4.69, 9.17) is 16.3 Å². The maximum absolute atomic E-state index is 12.4. The number of aliphatic carboxylic acids is 1. The van der Waals surface area contributed by atoms with Crippen LogP contribution in [0.4, 0.5) is 0 Å². The number of hydrogen-bond acceptors (Lipinski definition) is 4. The molecule has 0 spiro atoms. The van der Waals surface area contributed by atoms with E-state index in [1.54, 1.807) is 12.1 Å². The molecule has 0 aliphatic carbocycles. The lowest BCUT2D eigenvalue weighted by Gasteiger charge is -2.35. The average Bonchev–Trinajstić information content (AvgIpc) is 3.15. The third kappa shape index (κ3) is 3.14. The van der Waals surface area contributed by atoms with Gasteiger partial charge in [-0.3, -0.25) is 9.59 Å². The molecule has 120 valence electrons. The molecule has 2 fully saturated rings. The molecule has 5 nitrogen and oxygen atoms in total. The Labute approximate surface area is 137 Å². The number of hydrogen-bond donors (Lipinski definition) is 1. The zero-order valence-electron chi connectivity index (χ0n) is 12.0. The zero-order valence-corrected chi connectivity index (χ0v) is 13.6. The number of amides is 1. The maximum atomic E-state index is 12.4. The summed E-state index contributed by atoms with van der Waals surface area (Å²) >= 11 is 7.17. The van der Waals surface area contributed by atoms with Crippen molar-refractivity contribution in [3.05, 3.63) is 21.3 Å². The van der Waals surface area contributed by atoms with Crippen molar-refractivity contribution in [2.45, 2.75) is 25.4 Å². The zero-order chi connectivity index (χ0) is 15.7. The third-order valence-electron chi connectivity index (χ3n) is 4.53. The van der Waals surface area contributed by atoms with E-state index in [0.717, 1.165) is 12.8 Å². The molecule has 1 aromatic heterocycles. The second-order valence-electron chi connectivity index (χ2n) is 5.80. The summed E-state index contributed by atoms with van der Waals surface area (Å²) < 4.78 is 6.26. The molecule has 0 bridgehead atoms. The average molecular weight is 344 g/mol. The molecular weight excluding hydrogens is 326 g/mol. The summed E-state index contributed by atoms with van der Waals surface area (Å²) in [4.78, 5) is 26.1. The quantitative estimate of drug-likeness (QED) is 0.916. The van der Waals surface area contributed by atoms with Crippen molar-refractivity contribution in [3.63, 3.8) is 0 Å². The van der Waals surface area contributed by atoms with Gasteiger partial charge >= 0.3 is 5.97 Å². The summed E-state index contributed by atoms with van der Waals surface area (Å²) in [7, 11) is 0. The van der Waals surface area contributed by atoms with Gasteiger partial charge in [0, 0.05) is 19.7 Å². The molecule has 3 heterocycles. The number of nitrogens with zero attached hydrogens (tertiary/aromatic N) is 1. The van der Waals surface area contributed by atoms with E-state index in [9.17, 15) is 14.7 Å². The Morgan fingerprint density at radius 1 is 1.27 bits per heavy atom. The summed E-state index contributed by atoms with van der Waals surface area (Å²) in [5.74, 6) is -0.936. The highest BCUT2D eigenvalue weighted by molar-refractivity contribution is 7.17. The molecule has 7 heteroatoms. The van der Waals surface area contributed by atoms with Crippen LogP contribution in [0.1, 0.15) is 28.9 Å². The third-order valence-corrected chi connectivity index (χ3v) is 5.75. The van der Waals surface area contributed by atoms with Crippen LogP contribution >= 0.6 is 22.9 Å². The first-order chi connectivity index (χ1) is 10.6. The minimum atomic E-state index is -0.769. The van der Waals surface area contributed by atoms with Crippen LogP contribution in [0.25, 0.3) is 0 Å². The molecule has 2 aliphatic rings. The van der Waals surface area contributed by atoms with Crippen LogP contribution < -0.4 is 0 Å². The fourth-order valence-corrected chi connectivity index (χ4v) is 4.37. The van der Waals surface area contributed by atoms with Gasteiger partial charge in [0.25, 0.3) is 5.91 Å². The Morgan fingerprint density at radius 2 is 2.00 bits per heavy atom. The molecule has 1 unspecified atom stereocenters. The van der Waals surface area contributed by atoms with Crippen LogP contribution in [-0.4, -0.2) is 47.7 Å². The van der Waals surface area contributed by atoms with Gasteiger partial charge in [-0.2, -0.15) is 0 Å². The largest absolute Gasteiger partial charge is 0.481 e. The number of rotatable bonds is 3. The summed E-state index contributed by atoms with van der Waals surface area (Å²) in [6, 6.07) is 3.48. The SMILES string of the molecule is O=C(O)C1CCO[C@H]1C1CCN(C(=O)c2ccc(Cl)s2)CC1. The lowest BCUT2D eigenvalue weighted by molar-refractivity contribution is -0.145. The molecule has 1 amide bonds.